The fourth-order valence-electron chi connectivity index (χ4n) is 3.67. The van der Waals surface area contributed by atoms with Gasteiger partial charge in [0.2, 0.25) is 0 Å². The molecule has 0 aliphatic heterocycles. The molecule has 0 atom stereocenters. The van der Waals surface area contributed by atoms with Gasteiger partial charge in [-0.1, -0.05) is 60.2 Å². The van der Waals surface area contributed by atoms with E-state index in [1.807, 2.05) is 22.7 Å². The van der Waals surface area contributed by atoms with Crippen molar-refractivity contribution in [2.75, 3.05) is 0 Å². The van der Waals surface area contributed by atoms with E-state index in [2.05, 4.69) is 98.8 Å². The lowest BCUT2D eigenvalue weighted by atomic mass is 10.1. The molecule has 2 heteroatoms. The molecule has 0 fully saturated rings. The van der Waals surface area contributed by atoms with Gasteiger partial charge in [0, 0.05) is 40.3 Å². The summed E-state index contributed by atoms with van der Waals surface area (Å²) in [6, 6.07) is 30.5. The van der Waals surface area contributed by atoms with Crippen LogP contribution in [0.5, 0.6) is 0 Å². The predicted molar refractivity (Wildman–Crippen MR) is 128 cm³/mol. The van der Waals surface area contributed by atoms with Crippen LogP contribution < -0.4 is 0 Å². The molecule has 0 unspecified atom stereocenters. The Morgan fingerprint density at radius 3 is 1.68 bits per heavy atom. The van der Waals surface area contributed by atoms with E-state index >= 15 is 0 Å². The normalized spacial score (nSPS) is 11.2. The summed E-state index contributed by atoms with van der Waals surface area (Å²) in [4.78, 5) is 0. The van der Waals surface area contributed by atoms with Crippen molar-refractivity contribution in [1.82, 2.24) is 0 Å². The van der Waals surface area contributed by atoms with E-state index < -0.39 is 0 Å². The number of hydrogen-bond donors (Lipinski definition) is 0. The fourth-order valence-corrected chi connectivity index (χ4v) is 5.96. The van der Waals surface area contributed by atoms with Gasteiger partial charge in [0.15, 0.2) is 0 Å². The van der Waals surface area contributed by atoms with Crippen LogP contribution in [-0.2, 0) is 0 Å². The van der Waals surface area contributed by atoms with E-state index in [0.717, 1.165) is 0 Å². The van der Waals surface area contributed by atoms with Crippen LogP contribution >= 0.6 is 22.7 Å². The quantitative estimate of drug-likeness (QED) is 0.241. The van der Waals surface area contributed by atoms with Gasteiger partial charge in [0.25, 0.3) is 0 Å². The largest absolute Gasteiger partial charge is 0.135 e. The molecule has 4 aromatic carbocycles. The zero-order valence-corrected chi connectivity index (χ0v) is 17.5. The molecule has 2 aromatic heterocycles. The highest BCUT2D eigenvalue weighted by Gasteiger charge is 2.04. The lowest BCUT2D eigenvalue weighted by molar-refractivity contribution is 1.52. The van der Waals surface area contributed by atoms with Crippen LogP contribution in [0, 0.1) is 13.8 Å². The number of rotatable bonds is 0. The first-order valence-corrected chi connectivity index (χ1v) is 11.1. The molecule has 0 amide bonds. The molecule has 0 aliphatic rings. The Hall–Kier alpha value is -2.68. The Morgan fingerprint density at radius 1 is 0.429 bits per heavy atom. The maximum absolute atomic E-state index is 2.27. The van der Waals surface area contributed by atoms with Gasteiger partial charge >= 0.3 is 0 Å². The lowest BCUT2D eigenvalue weighted by Gasteiger charge is -1.92. The van der Waals surface area contributed by atoms with Gasteiger partial charge in [-0.15, -0.1) is 22.7 Å². The number of hydrogen-bond acceptors (Lipinski definition) is 2. The van der Waals surface area contributed by atoms with Crippen LogP contribution in [0.25, 0.3) is 40.3 Å². The summed E-state index contributed by atoms with van der Waals surface area (Å²) < 4.78 is 5.55. The number of fused-ring (bicyclic) bond motifs is 6. The first-order valence-electron chi connectivity index (χ1n) is 9.45. The van der Waals surface area contributed by atoms with E-state index in [1.54, 1.807) is 0 Å². The van der Waals surface area contributed by atoms with E-state index in [-0.39, 0.29) is 0 Å². The smallest absolute Gasteiger partial charge is 0.0358 e. The molecule has 28 heavy (non-hydrogen) atoms. The SMILES string of the molecule is Cc1ccc2c(c1)sc1ccccc12.Cc1ccc2sc3ccccc3c2c1. The van der Waals surface area contributed by atoms with Gasteiger partial charge in [-0.3, -0.25) is 0 Å². The van der Waals surface area contributed by atoms with Crippen molar-refractivity contribution in [2.45, 2.75) is 13.8 Å². The van der Waals surface area contributed by atoms with Gasteiger partial charge in [-0.2, -0.15) is 0 Å². The standard InChI is InChI=1S/2C13H10S/c1-9-6-7-13-11(8-9)10-4-2-3-5-12(10)14-13;1-9-6-7-11-10-4-2-3-5-12(10)14-13(11)8-9/h2*2-8H,1H3. The molecule has 0 radical (unpaired) electrons. The molecule has 6 aromatic rings. The van der Waals surface area contributed by atoms with Crippen molar-refractivity contribution in [3.8, 4) is 0 Å². The summed E-state index contributed by atoms with van der Waals surface area (Å²) in [7, 11) is 0. The molecular weight excluding hydrogens is 376 g/mol. The molecule has 2 heterocycles. The lowest BCUT2D eigenvalue weighted by Crippen LogP contribution is -1.69. The van der Waals surface area contributed by atoms with Gasteiger partial charge in [-0.05, 0) is 49.7 Å². The Balaban J connectivity index is 0.000000122. The van der Waals surface area contributed by atoms with Gasteiger partial charge < -0.3 is 0 Å². The van der Waals surface area contributed by atoms with E-state index in [4.69, 9.17) is 0 Å². The molecule has 0 aliphatic carbocycles. The van der Waals surface area contributed by atoms with Gasteiger partial charge in [0.1, 0.15) is 0 Å². The van der Waals surface area contributed by atoms with Crippen molar-refractivity contribution < 1.29 is 0 Å². The van der Waals surface area contributed by atoms with Crippen LogP contribution in [0.1, 0.15) is 11.1 Å². The Labute approximate surface area is 172 Å². The zero-order valence-electron chi connectivity index (χ0n) is 15.9. The first kappa shape index (κ1) is 17.4. The summed E-state index contributed by atoms with van der Waals surface area (Å²) >= 11 is 3.75. The Morgan fingerprint density at radius 2 is 0.929 bits per heavy atom. The van der Waals surface area contributed by atoms with Crippen molar-refractivity contribution in [2.24, 2.45) is 0 Å². The minimum atomic E-state index is 1.33. The summed E-state index contributed by atoms with van der Waals surface area (Å²) in [5.41, 5.74) is 2.67. The van der Waals surface area contributed by atoms with Gasteiger partial charge in [-0.25, -0.2) is 0 Å². The van der Waals surface area contributed by atoms with E-state index in [9.17, 15) is 0 Å². The van der Waals surface area contributed by atoms with E-state index in [0.29, 0.717) is 0 Å². The predicted octanol–water partition coefficient (Wildman–Crippen LogP) is 8.73. The molecule has 6 rings (SSSR count). The monoisotopic (exact) mass is 396 g/mol. The van der Waals surface area contributed by atoms with Gasteiger partial charge in [0.05, 0.1) is 0 Å². The Kier molecular flexibility index (Phi) is 4.38. The summed E-state index contributed by atoms with van der Waals surface area (Å²) in [5.74, 6) is 0. The third kappa shape index (κ3) is 3.09. The Bertz CT molecular complexity index is 1430. The van der Waals surface area contributed by atoms with Crippen LogP contribution in [0.2, 0.25) is 0 Å². The van der Waals surface area contributed by atoms with E-state index in [1.165, 1.54) is 51.5 Å². The van der Waals surface area contributed by atoms with Crippen LogP contribution in [0.4, 0.5) is 0 Å². The second-order valence-corrected chi connectivity index (χ2v) is 9.36. The van der Waals surface area contributed by atoms with Crippen LogP contribution in [-0.4, -0.2) is 0 Å². The minimum absolute atomic E-state index is 1.33. The fraction of sp³-hybridized carbons (Fsp3) is 0.0769. The molecule has 0 nitrogen and oxygen atoms in total. The molecule has 0 saturated carbocycles. The number of aryl methyl sites for hydroxylation is 2. The van der Waals surface area contributed by atoms with Crippen LogP contribution in [0.15, 0.2) is 84.9 Å². The molecule has 0 bridgehead atoms. The highest BCUT2D eigenvalue weighted by Crippen LogP contribution is 2.34. The highest BCUT2D eigenvalue weighted by molar-refractivity contribution is 7.26. The van der Waals surface area contributed by atoms with Crippen molar-refractivity contribution in [3.63, 3.8) is 0 Å². The second-order valence-electron chi connectivity index (χ2n) is 7.20. The molecule has 0 spiro atoms. The summed E-state index contributed by atoms with van der Waals surface area (Å²) in [6.07, 6.45) is 0. The second kappa shape index (κ2) is 7.05. The molecular formula is C26H20S2. The minimum Gasteiger partial charge on any atom is -0.135 e. The molecule has 0 saturated heterocycles. The molecule has 136 valence electrons. The van der Waals surface area contributed by atoms with Crippen LogP contribution in [0.3, 0.4) is 0 Å². The number of thiophene rings is 2. The highest BCUT2D eigenvalue weighted by atomic mass is 32.1. The first-order chi connectivity index (χ1) is 13.7. The average molecular weight is 397 g/mol. The van der Waals surface area contributed by atoms with Crippen molar-refractivity contribution in [1.29, 1.82) is 0 Å². The topological polar surface area (TPSA) is 0 Å². The maximum atomic E-state index is 2.27. The summed E-state index contributed by atoms with van der Waals surface area (Å²) in [6.45, 7) is 4.29. The average Bonchev–Trinajstić information content (AvgIpc) is 3.25. The maximum Gasteiger partial charge on any atom is 0.0358 e. The summed E-state index contributed by atoms with van der Waals surface area (Å²) in [5, 5.41) is 5.55. The van der Waals surface area contributed by atoms with Crippen molar-refractivity contribution in [3.05, 3.63) is 96.1 Å². The zero-order chi connectivity index (χ0) is 19.1. The van der Waals surface area contributed by atoms with Crippen molar-refractivity contribution >= 4 is 63.0 Å². The third-order valence-corrected chi connectivity index (χ3v) is 7.35. The number of benzene rings is 4. The molecule has 0 N–H and O–H groups in total. The third-order valence-electron chi connectivity index (χ3n) is 5.07.